The van der Waals surface area contributed by atoms with E-state index < -0.39 is 14.9 Å². The van der Waals surface area contributed by atoms with Gasteiger partial charge in [-0.15, -0.1) is 5.73 Å². The first-order chi connectivity index (χ1) is 7.60. The van der Waals surface area contributed by atoms with Crippen molar-refractivity contribution in [2.24, 2.45) is 0 Å². The first-order valence-electron chi connectivity index (χ1n) is 5.12. The molecule has 0 aliphatic carbocycles. The van der Waals surface area contributed by atoms with Crippen LogP contribution in [0, 0.1) is 0 Å². The van der Waals surface area contributed by atoms with E-state index in [0.717, 1.165) is 16.5 Å². The predicted molar refractivity (Wildman–Crippen MR) is 68.1 cm³/mol. The van der Waals surface area contributed by atoms with Crippen LogP contribution in [0.4, 0.5) is 0 Å². The highest BCUT2D eigenvalue weighted by molar-refractivity contribution is 6.64. The van der Waals surface area contributed by atoms with E-state index in [9.17, 15) is 5.11 Å². The van der Waals surface area contributed by atoms with Crippen molar-refractivity contribution in [1.29, 1.82) is 0 Å². The summed E-state index contributed by atoms with van der Waals surface area (Å²) in [7, 11) is 0.901. The second-order valence-electron chi connectivity index (χ2n) is 3.77. The zero-order valence-electron chi connectivity index (χ0n) is 9.95. The topological polar surface area (TPSA) is 29.5 Å². The highest BCUT2D eigenvalue weighted by Crippen LogP contribution is 2.24. The lowest BCUT2D eigenvalue weighted by Crippen LogP contribution is -2.13. The molecule has 1 aromatic carbocycles. The molecule has 0 unspecified atom stereocenters. The van der Waals surface area contributed by atoms with Crippen LogP contribution in [0.5, 0.6) is 5.75 Å². The van der Waals surface area contributed by atoms with E-state index in [0.29, 0.717) is 0 Å². The molecule has 1 aromatic rings. The lowest BCUT2D eigenvalue weighted by molar-refractivity contribution is 0.223. The molecule has 3 heteroatoms. The van der Waals surface area contributed by atoms with Gasteiger partial charge in [0.25, 0.3) is 0 Å². The van der Waals surface area contributed by atoms with Crippen LogP contribution >= 0.6 is 0 Å². The fourth-order valence-corrected chi connectivity index (χ4v) is 2.57. The van der Waals surface area contributed by atoms with Crippen molar-refractivity contribution in [1.82, 2.24) is 0 Å². The average molecular weight is 233 g/mol. The van der Waals surface area contributed by atoms with Crippen LogP contribution < -0.4 is 4.74 Å². The van der Waals surface area contributed by atoms with Crippen molar-refractivity contribution in [3.63, 3.8) is 0 Å². The molecule has 1 rings (SSSR count). The Hall–Kier alpha value is -1.28. The number of benzene rings is 1. The van der Waals surface area contributed by atoms with Gasteiger partial charge in [0, 0.05) is 0 Å². The van der Waals surface area contributed by atoms with Gasteiger partial charge in [-0.1, -0.05) is 31.8 Å². The number of ether oxygens (including phenoxy) is 1. The highest BCUT2D eigenvalue weighted by Gasteiger charge is 2.16. The largest absolute Gasteiger partial charge is 0.497 e. The minimum atomic E-state index is -0.724. The quantitative estimate of drug-likeness (QED) is 0.640. The summed E-state index contributed by atoms with van der Waals surface area (Å²) >= 11 is 0. The molecule has 0 fully saturated rings. The molecule has 0 bridgehead atoms. The second-order valence-corrected chi connectivity index (χ2v) is 6.30. The average Bonchev–Trinajstić information content (AvgIpc) is 2.29. The SMILES string of the molecule is C=C=C([C@H](O)c1ccc(OC)cc1)[Si](C)C. The normalized spacial score (nSPS) is 12.1. The van der Waals surface area contributed by atoms with Crippen molar-refractivity contribution in [3.05, 3.63) is 47.3 Å². The molecular weight excluding hydrogens is 216 g/mol. The molecule has 85 valence electrons. The van der Waals surface area contributed by atoms with Gasteiger partial charge in [-0.2, -0.15) is 0 Å². The predicted octanol–water partition coefficient (Wildman–Crippen LogP) is 2.73. The molecule has 0 saturated heterocycles. The maximum atomic E-state index is 10.2. The highest BCUT2D eigenvalue weighted by atomic mass is 28.3. The van der Waals surface area contributed by atoms with Gasteiger partial charge in [0.2, 0.25) is 0 Å². The number of rotatable bonds is 4. The third-order valence-electron chi connectivity index (χ3n) is 2.43. The van der Waals surface area contributed by atoms with E-state index in [1.807, 2.05) is 24.3 Å². The summed E-state index contributed by atoms with van der Waals surface area (Å²) < 4.78 is 5.07. The monoisotopic (exact) mass is 233 g/mol. The standard InChI is InChI=1S/C13H17O2Si/c1-5-12(16(3)4)13(14)10-6-8-11(15-2)9-7-10/h6-9,13-14H,1H2,2-4H3/t13-/m1/s1. The van der Waals surface area contributed by atoms with Gasteiger partial charge < -0.3 is 9.84 Å². The molecule has 0 spiro atoms. The van der Waals surface area contributed by atoms with Gasteiger partial charge in [-0.25, -0.2) is 0 Å². The molecule has 1 N–H and O–H groups in total. The van der Waals surface area contributed by atoms with Crippen molar-refractivity contribution in [3.8, 4) is 5.75 Å². The van der Waals surface area contributed by atoms with Gasteiger partial charge in [0.05, 0.1) is 15.9 Å². The first-order valence-corrected chi connectivity index (χ1v) is 7.62. The Balaban J connectivity index is 2.95. The van der Waals surface area contributed by atoms with E-state index in [2.05, 4.69) is 25.4 Å². The molecule has 0 amide bonds. The first kappa shape index (κ1) is 12.8. The van der Waals surface area contributed by atoms with Crippen LogP contribution in [-0.4, -0.2) is 21.0 Å². The zero-order valence-corrected chi connectivity index (χ0v) is 10.9. The number of hydrogen-bond acceptors (Lipinski definition) is 2. The summed E-state index contributed by atoms with van der Waals surface area (Å²) in [5.74, 6) is 0.790. The Bertz CT molecular complexity index is 389. The van der Waals surface area contributed by atoms with Gasteiger partial charge in [-0.3, -0.25) is 0 Å². The van der Waals surface area contributed by atoms with E-state index in [-0.39, 0.29) is 0 Å². The Morgan fingerprint density at radius 1 is 1.38 bits per heavy atom. The summed E-state index contributed by atoms with van der Waals surface area (Å²) in [6, 6.07) is 7.42. The third kappa shape index (κ3) is 2.86. The lowest BCUT2D eigenvalue weighted by atomic mass is 10.1. The Labute approximate surface area is 98.5 Å². The van der Waals surface area contributed by atoms with E-state index >= 15 is 0 Å². The van der Waals surface area contributed by atoms with Crippen LogP contribution in [-0.2, 0) is 0 Å². The molecule has 1 atom stereocenters. The van der Waals surface area contributed by atoms with Crippen LogP contribution in [0.1, 0.15) is 11.7 Å². The minimum Gasteiger partial charge on any atom is -0.497 e. The molecule has 0 aliphatic heterocycles. The van der Waals surface area contributed by atoms with Gasteiger partial charge >= 0.3 is 0 Å². The summed E-state index contributed by atoms with van der Waals surface area (Å²) in [6.07, 6.45) is -0.590. The molecule has 0 heterocycles. The molecule has 1 radical (unpaired) electrons. The van der Waals surface area contributed by atoms with Gasteiger partial charge in [0.1, 0.15) is 11.9 Å². The fraction of sp³-hybridized carbons (Fsp3) is 0.308. The van der Waals surface area contributed by atoms with E-state index in [1.54, 1.807) is 7.11 Å². The van der Waals surface area contributed by atoms with Crippen molar-refractivity contribution >= 4 is 8.80 Å². The third-order valence-corrected chi connectivity index (χ3v) is 3.96. The Kier molecular flexibility index (Phi) is 4.56. The number of hydrogen-bond donors (Lipinski definition) is 1. The number of aliphatic hydroxyl groups is 1. The van der Waals surface area contributed by atoms with Crippen LogP contribution in [0.25, 0.3) is 0 Å². The molecule has 0 saturated carbocycles. The van der Waals surface area contributed by atoms with E-state index in [1.165, 1.54) is 0 Å². The van der Waals surface area contributed by atoms with Crippen molar-refractivity contribution in [2.75, 3.05) is 7.11 Å². The summed E-state index contributed by atoms with van der Waals surface area (Å²) in [5, 5.41) is 11.1. The number of aliphatic hydroxyl groups excluding tert-OH is 1. The Morgan fingerprint density at radius 3 is 2.31 bits per heavy atom. The van der Waals surface area contributed by atoms with Gasteiger partial charge in [0.15, 0.2) is 0 Å². The van der Waals surface area contributed by atoms with Crippen LogP contribution in [0.2, 0.25) is 13.1 Å². The maximum absolute atomic E-state index is 10.2. The van der Waals surface area contributed by atoms with Gasteiger partial charge in [-0.05, 0) is 22.9 Å². The smallest absolute Gasteiger partial charge is 0.118 e. The van der Waals surface area contributed by atoms with Crippen molar-refractivity contribution in [2.45, 2.75) is 19.2 Å². The number of methoxy groups -OCH3 is 1. The van der Waals surface area contributed by atoms with Crippen LogP contribution in [0.3, 0.4) is 0 Å². The fourth-order valence-electron chi connectivity index (χ4n) is 1.50. The van der Waals surface area contributed by atoms with Crippen LogP contribution in [0.15, 0.2) is 41.8 Å². The second kappa shape index (κ2) is 5.71. The molecule has 0 aliphatic rings. The van der Waals surface area contributed by atoms with Crippen molar-refractivity contribution < 1.29 is 9.84 Å². The molecule has 0 aromatic heterocycles. The molecule has 16 heavy (non-hydrogen) atoms. The van der Waals surface area contributed by atoms with E-state index in [4.69, 9.17) is 4.74 Å². The zero-order chi connectivity index (χ0) is 12.1. The lowest BCUT2D eigenvalue weighted by Gasteiger charge is -2.16. The molecular formula is C13H17O2Si. The maximum Gasteiger partial charge on any atom is 0.118 e. The summed E-state index contributed by atoms with van der Waals surface area (Å²) in [4.78, 5) is 0. The minimum absolute atomic E-state index is 0.590. The summed E-state index contributed by atoms with van der Waals surface area (Å²) in [6.45, 7) is 7.87. The molecule has 2 nitrogen and oxygen atoms in total. The Morgan fingerprint density at radius 2 is 1.94 bits per heavy atom. The summed E-state index contributed by atoms with van der Waals surface area (Å²) in [5.41, 5.74) is 3.72.